The van der Waals surface area contributed by atoms with E-state index in [1.165, 1.54) is 11.8 Å². The SMILES string of the molecule is CCN(CC)c1ccc(NC(SC)=C(C#N)C#N)cc1. The molecule has 0 aliphatic rings. The summed E-state index contributed by atoms with van der Waals surface area (Å²) in [6, 6.07) is 11.8. The molecule has 0 aromatic heterocycles. The Morgan fingerprint density at radius 2 is 1.70 bits per heavy atom. The van der Waals surface area contributed by atoms with Crippen LogP contribution in [0.1, 0.15) is 13.8 Å². The maximum atomic E-state index is 8.90. The number of nitrogens with one attached hydrogen (secondary N) is 1. The van der Waals surface area contributed by atoms with Crippen LogP contribution in [0.5, 0.6) is 0 Å². The van der Waals surface area contributed by atoms with Crippen LogP contribution in [0.2, 0.25) is 0 Å². The second kappa shape index (κ2) is 8.14. The average molecular weight is 286 g/mol. The minimum Gasteiger partial charge on any atom is -0.372 e. The first kappa shape index (κ1) is 15.9. The number of thioether (sulfide) groups is 1. The summed E-state index contributed by atoms with van der Waals surface area (Å²) in [6.07, 6.45) is 1.83. The molecule has 0 saturated heterocycles. The van der Waals surface area contributed by atoms with Gasteiger partial charge in [-0.15, -0.1) is 11.8 Å². The van der Waals surface area contributed by atoms with Gasteiger partial charge in [-0.3, -0.25) is 0 Å². The van der Waals surface area contributed by atoms with Crippen molar-refractivity contribution in [3.05, 3.63) is 34.9 Å². The van der Waals surface area contributed by atoms with E-state index < -0.39 is 0 Å². The lowest BCUT2D eigenvalue weighted by atomic mass is 10.2. The van der Waals surface area contributed by atoms with Gasteiger partial charge in [-0.1, -0.05) is 0 Å². The molecule has 0 spiro atoms. The summed E-state index contributed by atoms with van der Waals surface area (Å²) in [4.78, 5) is 2.26. The normalized spacial score (nSPS) is 9.25. The van der Waals surface area contributed by atoms with Crippen molar-refractivity contribution in [1.29, 1.82) is 10.5 Å². The predicted molar refractivity (Wildman–Crippen MR) is 85.4 cm³/mol. The fourth-order valence-corrected chi connectivity index (χ4v) is 2.33. The number of rotatable bonds is 6. The van der Waals surface area contributed by atoms with Crippen LogP contribution in [0.3, 0.4) is 0 Å². The molecule has 0 amide bonds. The van der Waals surface area contributed by atoms with Gasteiger partial charge in [0, 0.05) is 24.5 Å². The van der Waals surface area contributed by atoms with E-state index in [0.717, 1.165) is 24.5 Å². The lowest BCUT2D eigenvalue weighted by Crippen LogP contribution is -2.21. The molecule has 0 bridgehead atoms. The molecule has 20 heavy (non-hydrogen) atoms. The summed E-state index contributed by atoms with van der Waals surface area (Å²) in [7, 11) is 0. The van der Waals surface area contributed by atoms with Crippen molar-refractivity contribution in [3.8, 4) is 12.1 Å². The van der Waals surface area contributed by atoms with Crippen molar-refractivity contribution in [2.75, 3.05) is 29.6 Å². The van der Waals surface area contributed by atoms with Crippen molar-refractivity contribution in [2.45, 2.75) is 13.8 Å². The first-order valence-electron chi connectivity index (χ1n) is 6.40. The average Bonchev–Trinajstić information content (AvgIpc) is 2.50. The molecule has 5 heteroatoms. The highest BCUT2D eigenvalue weighted by Crippen LogP contribution is 2.23. The van der Waals surface area contributed by atoms with Crippen LogP contribution in [0.4, 0.5) is 11.4 Å². The second-order valence-corrected chi connectivity index (χ2v) is 4.79. The van der Waals surface area contributed by atoms with Crippen LogP contribution in [-0.2, 0) is 0 Å². The minimum atomic E-state index is 0.102. The fraction of sp³-hybridized carbons (Fsp3) is 0.333. The largest absolute Gasteiger partial charge is 0.372 e. The molecule has 0 fully saturated rings. The predicted octanol–water partition coefficient (Wildman–Crippen LogP) is 3.57. The zero-order chi connectivity index (χ0) is 15.0. The Morgan fingerprint density at radius 1 is 1.15 bits per heavy atom. The second-order valence-electron chi connectivity index (χ2n) is 3.98. The molecule has 0 aliphatic heterocycles. The zero-order valence-corrected chi connectivity index (χ0v) is 12.8. The molecule has 1 rings (SSSR count). The molecule has 0 heterocycles. The highest BCUT2D eigenvalue weighted by Gasteiger charge is 2.06. The highest BCUT2D eigenvalue weighted by atomic mass is 32.2. The van der Waals surface area contributed by atoms with Crippen molar-refractivity contribution < 1.29 is 0 Å². The topological polar surface area (TPSA) is 62.9 Å². The van der Waals surface area contributed by atoms with E-state index in [2.05, 4.69) is 24.1 Å². The van der Waals surface area contributed by atoms with Gasteiger partial charge in [0.25, 0.3) is 0 Å². The Bertz CT molecular complexity index is 529. The molecular weight excluding hydrogens is 268 g/mol. The van der Waals surface area contributed by atoms with E-state index in [0.29, 0.717) is 5.03 Å². The van der Waals surface area contributed by atoms with Crippen molar-refractivity contribution in [2.24, 2.45) is 0 Å². The summed E-state index contributed by atoms with van der Waals surface area (Å²) < 4.78 is 0. The van der Waals surface area contributed by atoms with E-state index in [-0.39, 0.29) is 5.57 Å². The van der Waals surface area contributed by atoms with E-state index in [1.54, 1.807) is 0 Å². The number of hydrogen-bond donors (Lipinski definition) is 1. The summed E-state index contributed by atoms with van der Waals surface area (Å²) in [5.41, 5.74) is 2.13. The summed E-state index contributed by atoms with van der Waals surface area (Å²) >= 11 is 1.35. The van der Waals surface area contributed by atoms with Crippen LogP contribution in [-0.4, -0.2) is 19.3 Å². The van der Waals surface area contributed by atoms with Crippen LogP contribution in [0.15, 0.2) is 34.9 Å². The lowest BCUT2D eigenvalue weighted by molar-refractivity contribution is 0.866. The van der Waals surface area contributed by atoms with Crippen molar-refractivity contribution in [1.82, 2.24) is 0 Å². The Morgan fingerprint density at radius 3 is 2.10 bits per heavy atom. The van der Waals surface area contributed by atoms with Crippen LogP contribution in [0, 0.1) is 22.7 Å². The smallest absolute Gasteiger partial charge is 0.159 e. The molecule has 0 radical (unpaired) electrons. The molecule has 4 nitrogen and oxygen atoms in total. The minimum absolute atomic E-state index is 0.102. The van der Waals surface area contributed by atoms with Gasteiger partial charge in [-0.2, -0.15) is 10.5 Å². The summed E-state index contributed by atoms with van der Waals surface area (Å²) in [5.74, 6) is 0. The zero-order valence-electron chi connectivity index (χ0n) is 12.0. The van der Waals surface area contributed by atoms with Gasteiger partial charge in [0.1, 0.15) is 17.2 Å². The molecule has 0 unspecified atom stereocenters. The highest BCUT2D eigenvalue weighted by molar-refractivity contribution is 8.02. The van der Waals surface area contributed by atoms with Crippen molar-refractivity contribution in [3.63, 3.8) is 0 Å². The van der Waals surface area contributed by atoms with E-state index >= 15 is 0 Å². The summed E-state index contributed by atoms with van der Waals surface area (Å²) in [6.45, 7) is 6.17. The third-order valence-electron chi connectivity index (χ3n) is 2.91. The summed E-state index contributed by atoms with van der Waals surface area (Å²) in [5, 5.41) is 21.5. The molecule has 1 N–H and O–H groups in total. The van der Waals surface area contributed by atoms with Crippen LogP contribution in [0.25, 0.3) is 0 Å². The molecule has 1 aromatic rings. The maximum Gasteiger partial charge on any atom is 0.159 e. The number of allylic oxidation sites excluding steroid dienone is 1. The first-order valence-corrected chi connectivity index (χ1v) is 7.63. The van der Waals surface area contributed by atoms with Crippen LogP contribution < -0.4 is 10.2 Å². The fourth-order valence-electron chi connectivity index (χ4n) is 1.82. The standard InChI is InChI=1S/C15H18N4S/c1-4-19(5-2)14-8-6-13(7-9-14)18-15(20-3)12(10-16)11-17/h6-9,18H,4-5H2,1-3H3. The number of nitriles is 2. The Balaban J connectivity index is 2.93. The van der Waals surface area contributed by atoms with Crippen molar-refractivity contribution >= 4 is 23.1 Å². The van der Waals surface area contributed by atoms with Gasteiger partial charge in [0.2, 0.25) is 0 Å². The van der Waals surface area contributed by atoms with Gasteiger partial charge >= 0.3 is 0 Å². The monoisotopic (exact) mass is 286 g/mol. The molecule has 1 aromatic carbocycles. The lowest BCUT2D eigenvalue weighted by Gasteiger charge is -2.21. The first-order chi connectivity index (χ1) is 9.69. The van der Waals surface area contributed by atoms with Gasteiger partial charge in [-0.25, -0.2) is 0 Å². The number of nitrogens with zero attached hydrogens (tertiary/aromatic N) is 3. The van der Waals surface area contributed by atoms with Gasteiger partial charge in [0.05, 0.1) is 0 Å². The third-order valence-corrected chi connectivity index (χ3v) is 3.62. The van der Waals surface area contributed by atoms with E-state index in [1.807, 2.05) is 42.7 Å². The quantitative estimate of drug-likeness (QED) is 0.810. The molecule has 104 valence electrons. The Labute approximate surface area is 124 Å². The van der Waals surface area contributed by atoms with Gasteiger partial charge < -0.3 is 10.2 Å². The molecular formula is C15H18N4S. The Hall–Kier alpha value is -2.11. The number of anilines is 2. The maximum absolute atomic E-state index is 8.90. The third kappa shape index (κ3) is 3.94. The number of benzene rings is 1. The van der Waals surface area contributed by atoms with E-state index in [4.69, 9.17) is 10.5 Å². The van der Waals surface area contributed by atoms with Gasteiger partial charge in [-0.05, 0) is 44.4 Å². The van der Waals surface area contributed by atoms with Gasteiger partial charge in [0.15, 0.2) is 5.57 Å². The van der Waals surface area contributed by atoms with Crippen LogP contribution >= 0.6 is 11.8 Å². The molecule has 0 atom stereocenters. The van der Waals surface area contributed by atoms with E-state index in [9.17, 15) is 0 Å². The Kier molecular flexibility index (Phi) is 6.49. The number of hydrogen-bond acceptors (Lipinski definition) is 5. The molecule has 0 saturated carbocycles. The molecule has 0 aliphatic carbocycles.